The van der Waals surface area contributed by atoms with Crippen LogP contribution in [0.4, 0.5) is 17.6 Å². The Morgan fingerprint density at radius 2 is 1.68 bits per heavy atom. The molecule has 0 fully saturated rings. The third kappa shape index (κ3) is 4.80. The standard InChI is InChI=1S/C25H21F4NO/c26-23-7-3-1-5-21(23)18-9-10-20(17-11-13-30-14-12-17)19(15-18)16-31-24-8-4-2-6-22(24)25(27,28)29/h1-11,15,30H,12-14,16H2. The molecule has 0 bridgehead atoms. The molecule has 0 unspecified atom stereocenters. The van der Waals surface area contributed by atoms with Crippen LogP contribution in [0.1, 0.15) is 23.1 Å². The second kappa shape index (κ2) is 8.94. The molecule has 0 spiro atoms. The van der Waals surface area contributed by atoms with Crippen molar-refractivity contribution in [1.82, 2.24) is 5.32 Å². The predicted octanol–water partition coefficient (Wildman–Crippen LogP) is 6.47. The summed E-state index contributed by atoms with van der Waals surface area (Å²) in [5.41, 5.74) is 2.99. The first-order valence-electron chi connectivity index (χ1n) is 10.0. The van der Waals surface area contributed by atoms with Gasteiger partial charge in [-0.1, -0.05) is 48.5 Å². The first-order chi connectivity index (χ1) is 14.9. The fourth-order valence-electron chi connectivity index (χ4n) is 3.74. The zero-order chi connectivity index (χ0) is 21.8. The van der Waals surface area contributed by atoms with Crippen molar-refractivity contribution in [2.24, 2.45) is 0 Å². The summed E-state index contributed by atoms with van der Waals surface area (Å²) in [6, 6.07) is 17.1. The highest BCUT2D eigenvalue weighted by Crippen LogP contribution is 2.37. The average Bonchev–Trinajstić information content (AvgIpc) is 2.78. The van der Waals surface area contributed by atoms with Crippen molar-refractivity contribution in [3.8, 4) is 16.9 Å². The minimum Gasteiger partial charge on any atom is -0.488 e. The Hall–Kier alpha value is -3.12. The summed E-state index contributed by atoms with van der Waals surface area (Å²) in [5, 5.41) is 3.25. The number of alkyl halides is 3. The van der Waals surface area contributed by atoms with Gasteiger partial charge in [0.05, 0.1) is 5.56 Å². The number of hydrogen-bond acceptors (Lipinski definition) is 2. The summed E-state index contributed by atoms with van der Waals surface area (Å²) in [6.07, 6.45) is -1.65. The van der Waals surface area contributed by atoms with E-state index in [1.165, 1.54) is 24.3 Å². The second-order valence-corrected chi connectivity index (χ2v) is 7.32. The van der Waals surface area contributed by atoms with Crippen LogP contribution in [0.25, 0.3) is 16.7 Å². The summed E-state index contributed by atoms with van der Waals surface area (Å²) in [7, 11) is 0. The molecule has 31 heavy (non-hydrogen) atoms. The molecule has 0 aromatic heterocycles. The second-order valence-electron chi connectivity index (χ2n) is 7.32. The van der Waals surface area contributed by atoms with Crippen LogP contribution in [-0.2, 0) is 12.8 Å². The van der Waals surface area contributed by atoms with Gasteiger partial charge in [0.1, 0.15) is 18.2 Å². The lowest BCUT2D eigenvalue weighted by Crippen LogP contribution is -2.20. The van der Waals surface area contributed by atoms with Crippen LogP contribution >= 0.6 is 0 Å². The molecule has 6 heteroatoms. The maximum Gasteiger partial charge on any atom is 0.419 e. The number of para-hydroxylation sites is 1. The monoisotopic (exact) mass is 427 g/mol. The van der Waals surface area contributed by atoms with Crippen LogP contribution in [0.2, 0.25) is 0 Å². The van der Waals surface area contributed by atoms with Gasteiger partial charge in [-0.15, -0.1) is 0 Å². The van der Waals surface area contributed by atoms with Crippen molar-refractivity contribution in [3.05, 3.63) is 95.3 Å². The van der Waals surface area contributed by atoms with Crippen LogP contribution in [0.15, 0.2) is 72.8 Å². The van der Waals surface area contributed by atoms with Gasteiger partial charge in [-0.05, 0) is 59.5 Å². The number of hydrogen-bond donors (Lipinski definition) is 1. The average molecular weight is 427 g/mol. The topological polar surface area (TPSA) is 21.3 Å². The number of nitrogens with one attached hydrogen (secondary N) is 1. The highest BCUT2D eigenvalue weighted by Gasteiger charge is 2.34. The van der Waals surface area contributed by atoms with E-state index in [-0.39, 0.29) is 18.2 Å². The van der Waals surface area contributed by atoms with E-state index >= 15 is 0 Å². The Morgan fingerprint density at radius 1 is 0.903 bits per heavy atom. The summed E-state index contributed by atoms with van der Waals surface area (Å²) in [6.45, 7) is 1.48. The molecule has 4 rings (SSSR count). The molecule has 1 N–H and O–H groups in total. The van der Waals surface area contributed by atoms with E-state index in [1.807, 2.05) is 12.1 Å². The SMILES string of the molecule is Fc1ccccc1-c1ccc(C2=CCNCC2)c(COc2ccccc2C(F)(F)F)c1. The van der Waals surface area contributed by atoms with E-state index in [0.29, 0.717) is 16.7 Å². The molecular formula is C25H21F4NO. The van der Waals surface area contributed by atoms with Crippen LogP contribution in [0, 0.1) is 5.82 Å². The fourth-order valence-corrected chi connectivity index (χ4v) is 3.74. The van der Waals surface area contributed by atoms with Crippen LogP contribution in [0.3, 0.4) is 0 Å². The molecule has 1 heterocycles. The van der Waals surface area contributed by atoms with Crippen molar-refractivity contribution in [2.45, 2.75) is 19.2 Å². The van der Waals surface area contributed by atoms with Crippen LogP contribution in [-0.4, -0.2) is 13.1 Å². The van der Waals surface area contributed by atoms with E-state index in [4.69, 9.17) is 4.74 Å². The predicted molar refractivity (Wildman–Crippen MR) is 113 cm³/mol. The van der Waals surface area contributed by atoms with Crippen LogP contribution in [0.5, 0.6) is 5.75 Å². The molecule has 2 nitrogen and oxygen atoms in total. The summed E-state index contributed by atoms with van der Waals surface area (Å²) >= 11 is 0. The molecule has 0 atom stereocenters. The van der Waals surface area contributed by atoms with E-state index in [1.54, 1.807) is 24.3 Å². The summed E-state index contributed by atoms with van der Waals surface area (Å²) in [5.74, 6) is -0.581. The minimum absolute atomic E-state index is 0.0600. The Kier molecular flexibility index (Phi) is 6.09. The molecule has 0 aliphatic carbocycles. The lowest BCUT2D eigenvalue weighted by molar-refractivity contribution is -0.139. The number of halogens is 4. The number of ether oxygens (including phenoxy) is 1. The van der Waals surface area contributed by atoms with Gasteiger partial charge in [0.2, 0.25) is 0 Å². The lowest BCUT2D eigenvalue weighted by atomic mass is 9.92. The van der Waals surface area contributed by atoms with Gasteiger partial charge in [-0.3, -0.25) is 0 Å². The van der Waals surface area contributed by atoms with E-state index in [9.17, 15) is 17.6 Å². The number of rotatable bonds is 5. The van der Waals surface area contributed by atoms with Gasteiger partial charge in [-0.2, -0.15) is 13.2 Å². The molecule has 1 aliphatic rings. The normalized spacial score (nSPS) is 14.3. The minimum atomic E-state index is -4.51. The quantitative estimate of drug-likeness (QED) is 0.472. The Balaban J connectivity index is 1.72. The smallest absolute Gasteiger partial charge is 0.419 e. The van der Waals surface area contributed by atoms with Crippen molar-refractivity contribution >= 4 is 5.57 Å². The fraction of sp³-hybridized carbons (Fsp3) is 0.200. The molecule has 0 radical (unpaired) electrons. The molecule has 3 aromatic carbocycles. The van der Waals surface area contributed by atoms with Crippen molar-refractivity contribution < 1.29 is 22.3 Å². The van der Waals surface area contributed by atoms with E-state index in [0.717, 1.165) is 36.7 Å². The lowest BCUT2D eigenvalue weighted by Gasteiger charge is -2.20. The largest absolute Gasteiger partial charge is 0.488 e. The van der Waals surface area contributed by atoms with E-state index < -0.39 is 11.7 Å². The molecule has 160 valence electrons. The van der Waals surface area contributed by atoms with E-state index in [2.05, 4.69) is 11.4 Å². The Bertz CT molecular complexity index is 1100. The third-order valence-electron chi connectivity index (χ3n) is 5.28. The van der Waals surface area contributed by atoms with Crippen LogP contribution < -0.4 is 10.1 Å². The first kappa shape index (κ1) is 21.1. The van der Waals surface area contributed by atoms with Gasteiger partial charge >= 0.3 is 6.18 Å². The van der Waals surface area contributed by atoms with Gasteiger partial charge in [0, 0.05) is 12.1 Å². The third-order valence-corrected chi connectivity index (χ3v) is 5.28. The maximum absolute atomic E-state index is 14.3. The highest BCUT2D eigenvalue weighted by atomic mass is 19.4. The van der Waals surface area contributed by atoms with Gasteiger partial charge in [0.15, 0.2) is 0 Å². The van der Waals surface area contributed by atoms with Crippen molar-refractivity contribution in [2.75, 3.05) is 13.1 Å². The summed E-state index contributed by atoms with van der Waals surface area (Å²) in [4.78, 5) is 0. The first-order valence-corrected chi connectivity index (χ1v) is 10.0. The molecule has 0 saturated carbocycles. The molecular weight excluding hydrogens is 406 g/mol. The number of benzene rings is 3. The molecule has 1 aliphatic heterocycles. The molecule has 0 amide bonds. The van der Waals surface area contributed by atoms with Gasteiger partial charge < -0.3 is 10.1 Å². The molecule has 3 aromatic rings. The Labute approximate surface area is 178 Å². The maximum atomic E-state index is 14.3. The Morgan fingerprint density at radius 3 is 2.42 bits per heavy atom. The highest BCUT2D eigenvalue weighted by molar-refractivity contribution is 5.74. The summed E-state index contributed by atoms with van der Waals surface area (Å²) < 4.78 is 60.0. The van der Waals surface area contributed by atoms with Crippen molar-refractivity contribution in [1.29, 1.82) is 0 Å². The zero-order valence-electron chi connectivity index (χ0n) is 16.7. The van der Waals surface area contributed by atoms with Crippen molar-refractivity contribution in [3.63, 3.8) is 0 Å². The van der Waals surface area contributed by atoms with Gasteiger partial charge in [-0.25, -0.2) is 4.39 Å². The zero-order valence-corrected chi connectivity index (χ0v) is 16.7. The van der Waals surface area contributed by atoms with Gasteiger partial charge in [0.25, 0.3) is 0 Å². The molecule has 0 saturated heterocycles.